The molecule has 0 aliphatic rings. The van der Waals surface area contributed by atoms with Gasteiger partial charge in [-0.05, 0) is 17.7 Å². The van der Waals surface area contributed by atoms with Crippen LogP contribution in [0.1, 0.15) is 11.4 Å². The summed E-state index contributed by atoms with van der Waals surface area (Å²) in [5, 5.41) is 0. The molecule has 0 N–H and O–H groups in total. The molecule has 4 heteroatoms. The summed E-state index contributed by atoms with van der Waals surface area (Å²) in [5.41, 5.74) is 1.30. The van der Waals surface area contributed by atoms with Crippen LogP contribution in [-0.4, -0.2) is 21.9 Å². The number of benzene rings is 2. The van der Waals surface area contributed by atoms with Crippen molar-refractivity contribution >= 4 is 11.8 Å². The lowest BCUT2D eigenvalue weighted by Crippen LogP contribution is -2.05. The van der Waals surface area contributed by atoms with E-state index in [1.165, 1.54) is 5.56 Å². The molecular weight excluding hydrogens is 304 g/mol. The summed E-state index contributed by atoms with van der Waals surface area (Å²) >= 11 is 1.85. The molecule has 0 saturated carbocycles. The van der Waals surface area contributed by atoms with E-state index in [1.807, 2.05) is 60.6 Å². The van der Waals surface area contributed by atoms with Crippen molar-refractivity contribution in [3.05, 3.63) is 84.4 Å². The molecule has 23 heavy (non-hydrogen) atoms. The number of thioether (sulfide) groups is 1. The molecule has 0 bridgehead atoms. The first-order chi connectivity index (χ1) is 11.4. The first-order valence-corrected chi connectivity index (χ1v) is 8.87. The van der Waals surface area contributed by atoms with Crippen LogP contribution in [0.2, 0.25) is 0 Å². The van der Waals surface area contributed by atoms with Crippen LogP contribution in [0.15, 0.2) is 73.1 Å². The van der Waals surface area contributed by atoms with Gasteiger partial charge in [-0.1, -0.05) is 48.5 Å². The maximum atomic E-state index is 5.70. The van der Waals surface area contributed by atoms with Crippen molar-refractivity contribution in [3.63, 3.8) is 0 Å². The first kappa shape index (κ1) is 15.7. The lowest BCUT2D eigenvalue weighted by atomic mass is 10.2. The van der Waals surface area contributed by atoms with E-state index in [4.69, 9.17) is 4.74 Å². The number of ether oxygens (including phenoxy) is 1. The lowest BCUT2D eigenvalue weighted by Gasteiger charge is -2.08. The molecule has 0 spiro atoms. The fourth-order valence-electron chi connectivity index (χ4n) is 2.30. The van der Waals surface area contributed by atoms with Crippen molar-refractivity contribution in [1.29, 1.82) is 0 Å². The summed E-state index contributed by atoms with van der Waals surface area (Å²) in [4.78, 5) is 4.47. The van der Waals surface area contributed by atoms with Gasteiger partial charge < -0.3 is 9.30 Å². The Hall–Kier alpha value is -2.20. The summed E-state index contributed by atoms with van der Waals surface area (Å²) in [6, 6.07) is 20.4. The molecule has 1 heterocycles. The van der Waals surface area contributed by atoms with E-state index in [9.17, 15) is 0 Å². The van der Waals surface area contributed by atoms with Gasteiger partial charge in [0.05, 0.1) is 12.4 Å². The van der Waals surface area contributed by atoms with Crippen LogP contribution in [0.3, 0.4) is 0 Å². The van der Waals surface area contributed by atoms with E-state index in [1.54, 1.807) is 0 Å². The summed E-state index contributed by atoms with van der Waals surface area (Å²) in [5.74, 6) is 3.89. The SMILES string of the molecule is c1ccc(Cn2ccnc2CSCCOc2ccccc2)cc1. The van der Waals surface area contributed by atoms with Gasteiger partial charge in [-0.25, -0.2) is 4.98 Å². The minimum atomic E-state index is 0.716. The molecular formula is C19H20N2OS. The molecule has 1 aromatic heterocycles. The average molecular weight is 324 g/mol. The maximum Gasteiger partial charge on any atom is 0.119 e. The van der Waals surface area contributed by atoms with Gasteiger partial charge in [0, 0.05) is 24.7 Å². The molecule has 2 aromatic carbocycles. The number of hydrogen-bond donors (Lipinski definition) is 0. The smallest absolute Gasteiger partial charge is 0.119 e. The van der Waals surface area contributed by atoms with Crippen molar-refractivity contribution in [1.82, 2.24) is 9.55 Å². The van der Waals surface area contributed by atoms with Crippen molar-refractivity contribution in [2.24, 2.45) is 0 Å². The lowest BCUT2D eigenvalue weighted by molar-refractivity contribution is 0.344. The van der Waals surface area contributed by atoms with E-state index in [2.05, 4.69) is 33.8 Å². The fourth-order valence-corrected chi connectivity index (χ4v) is 3.07. The van der Waals surface area contributed by atoms with E-state index in [0.717, 1.165) is 29.6 Å². The minimum absolute atomic E-state index is 0.716. The third kappa shape index (κ3) is 4.89. The molecule has 0 unspecified atom stereocenters. The van der Waals surface area contributed by atoms with Crippen LogP contribution in [0.4, 0.5) is 0 Å². The van der Waals surface area contributed by atoms with Crippen molar-refractivity contribution < 1.29 is 4.74 Å². The predicted octanol–water partition coefficient (Wildman–Crippen LogP) is 4.24. The van der Waals surface area contributed by atoms with Gasteiger partial charge in [-0.15, -0.1) is 0 Å². The van der Waals surface area contributed by atoms with Crippen LogP contribution < -0.4 is 4.74 Å². The van der Waals surface area contributed by atoms with Gasteiger partial charge in [0.15, 0.2) is 0 Å². The highest BCUT2D eigenvalue weighted by atomic mass is 32.2. The fraction of sp³-hybridized carbons (Fsp3) is 0.211. The van der Waals surface area contributed by atoms with E-state index < -0.39 is 0 Å². The molecule has 3 rings (SSSR count). The summed E-state index contributed by atoms with van der Waals surface area (Å²) in [7, 11) is 0. The second kappa shape index (κ2) is 8.44. The summed E-state index contributed by atoms with van der Waals surface area (Å²) in [6.07, 6.45) is 3.92. The van der Waals surface area contributed by atoms with E-state index >= 15 is 0 Å². The Kier molecular flexibility index (Phi) is 5.75. The Bertz CT molecular complexity index is 698. The molecule has 0 amide bonds. The normalized spacial score (nSPS) is 10.6. The standard InChI is InChI=1S/C19H20N2OS/c1-3-7-17(8-4-1)15-21-12-11-20-19(21)16-23-14-13-22-18-9-5-2-6-10-18/h1-12H,13-16H2. The molecule has 3 nitrogen and oxygen atoms in total. The van der Waals surface area contributed by atoms with Gasteiger partial charge in [0.1, 0.15) is 11.6 Å². The maximum absolute atomic E-state index is 5.70. The Balaban J connectivity index is 1.43. The number of rotatable bonds is 8. The Labute approximate surface area is 141 Å². The topological polar surface area (TPSA) is 27.1 Å². The van der Waals surface area contributed by atoms with Crippen LogP contribution in [0, 0.1) is 0 Å². The molecule has 0 atom stereocenters. The number of aromatic nitrogens is 2. The van der Waals surface area contributed by atoms with Crippen LogP contribution in [-0.2, 0) is 12.3 Å². The van der Waals surface area contributed by atoms with Crippen molar-refractivity contribution in [2.45, 2.75) is 12.3 Å². The largest absolute Gasteiger partial charge is 0.493 e. The Morgan fingerprint density at radius 2 is 1.70 bits per heavy atom. The van der Waals surface area contributed by atoms with Crippen LogP contribution >= 0.6 is 11.8 Å². The summed E-state index contributed by atoms with van der Waals surface area (Å²) < 4.78 is 7.91. The monoisotopic (exact) mass is 324 g/mol. The quantitative estimate of drug-likeness (QED) is 0.580. The predicted molar refractivity (Wildman–Crippen MR) is 95.9 cm³/mol. The molecule has 3 aromatic rings. The highest BCUT2D eigenvalue weighted by Gasteiger charge is 2.04. The van der Waals surface area contributed by atoms with Crippen molar-refractivity contribution in [2.75, 3.05) is 12.4 Å². The van der Waals surface area contributed by atoms with Crippen molar-refractivity contribution in [3.8, 4) is 5.75 Å². The third-order valence-electron chi connectivity index (χ3n) is 3.47. The first-order valence-electron chi connectivity index (χ1n) is 7.71. The minimum Gasteiger partial charge on any atom is -0.493 e. The van der Waals surface area contributed by atoms with E-state index in [-0.39, 0.29) is 0 Å². The highest BCUT2D eigenvalue weighted by molar-refractivity contribution is 7.98. The zero-order chi connectivity index (χ0) is 15.7. The highest BCUT2D eigenvalue weighted by Crippen LogP contribution is 2.14. The average Bonchev–Trinajstić information content (AvgIpc) is 3.03. The zero-order valence-electron chi connectivity index (χ0n) is 13.0. The number of imidazole rings is 1. The molecule has 0 aliphatic heterocycles. The molecule has 0 saturated heterocycles. The Morgan fingerprint density at radius 1 is 0.957 bits per heavy atom. The molecule has 0 fully saturated rings. The van der Waals surface area contributed by atoms with Gasteiger partial charge in [0.25, 0.3) is 0 Å². The third-order valence-corrected chi connectivity index (χ3v) is 4.39. The zero-order valence-corrected chi connectivity index (χ0v) is 13.8. The number of hydrogen-bond acceptors (Lipinski definition) is 3. The van der Waals surface area contributed by atoms with Gasteiger partial charge in [-0.3, -0.25) is 0 Å². The molecule has 0 aliphatic carbocycles. The van der Waals surface area contributed by atoms with Crippen LogP contribution in [0.25, 0.3) is 0 Å². The second-order valence-corrected chi connectivity index (χ2v) is 6.28. The summed E-state index contributed by atoms with van der Waals surface area (Å²) in [6.45, 7) is 1.59. The van der Waals surface area contributed by atoms with E-state index in [0.29, 0.717) is 6.61 Å². The second-order valence-electron chi connectivity index (χ2n) is 5.17. The van der Waals surface area contributed by atoms with Gasteiger partial charge in [-0.2, -0.15) is 11.8 Å². The van der Waals surface area contributed by atoms with Gasteiger partial charge in [0.2, 0.25) is 0 Å². The number of nitrogens with zero attached hydrogens (tertiary/aromatic N) is 2. The number of para-hydroxylation sites is 1. The Morgan fingerprint density at radius 3 is 2.48 bits per heavy atom. The molecule has 0 radical (unpaired) electrons. The van der Waals surface area contributed by atoms with Crippen LogP contribution in [0.5, 0.6) is 5.75 Å². The van der Waals surface area contributed by atoms with Gasteiger partial charge >= 0.3 is 0 Å². The molecule has 118 valence electrons.